The van der Waals surface area contributed by atoms with Gasteiger partial charge in [0.05, 0.1) is 6.42 Å². The van der Waals surface area contributed by atoms with Crippen LogP contribution in [0.4, 0.5) is 5.95 Å². The molecular weight excluding hydrogens is 242 g/mol. The van der Waals surface area contributed by atoms with Crippen molar-refractivity contribution >= 4 is 11.9 Å². The zero-order valence-electron chi connectivity index (χ0n) is 10.6. The van der Waals surface area contributed by atoms with Gasteiger partial charge < -0.3 is 10.4 Å². The van der Waals surface area contributed by atoms with Crippen molar-refractivity contribution in [1.82, 2.24) is 9.97 Å². The third kappa shape index (κ3) is 3.77. The highest BCUT2D eigenvalue weighted by molar-refractivity contribution is 5.68. The lowest BCUT2D eigenvalue weighted by Crippen LogP contribution is -2.20. The van der Waals surface area contributed by atoms with Crippen molar-refractivity contribution in [2.24, 2.45) is 0 Å². The quantitative estimate of drug-likeness (QED) is 0.860. The lowest BCUT2D eigenvalue weighted by atomic mass is 10.1. The summed E-state index contributed by atoms with van der Waals surface area (Å²) in [5, 5.41) is 11.6. The molecule has 0 bridgehead atoms. The number of rotatable bonds is 5. The minimum absolute atomic E-state index is 0.0315. The van der Waals surface area contributed by atoms with Crippen LogP contribution in [0.5, 0.6) is 0 Å². The van der Waals surface area contributed by atoms with E-state index in [2.05, 4.69) is 15.3 Å². The number of hydrogen-bond acceptors (Lipinski definition) is 4. The van der Waals surface area contributed by atoms with Gasteiger partial charge >= 0.3 is 5.97 Å². The number of carboxylic acids is 1. The van der Waals surface area contributed by atoms with Crippen LogP contribution in [0.3, 0.4) is 0 Å². The molecule has 0 saturated heterocycles. The van der Waals surface area contributed by atoms with E-state index in [-0.39, 0.29) is 12.5 Å². The van der Waals surface area contributed by atoms with Crippen molar-refractivity contribution in [1.29, 1.82) is 0 Å². The molecule has 1 aromatic heterocycles. The number of nitrogens with one attached hydrogen (secondary N) is 1. The molecule has 2 N–H and O–H groups in total. The van der Waals surface area contributed by atoms with Crippen LogP contribution >= 0.6 is 0 Å². The zero-order valence-corrected chi connectivity index (χ0v) is 10.6. The van der Waals surface area contributed by atoms with E-state index in [9.17, 15) is 4.79 Å². The first-order chi connectivity index (χ1) is 9.15. The van der Waals surface area contributed by atoms with Crippen LogP contribution in [0.2, 0.25) is 0 Å². The molecule has 0 fully saturated rings. The Morgan fingerprint density at radius 1 is 1.21 bits per heavy atom. The van der Waals surface area contributed by atoms with E-state index in [0.29, 0.717) is 5.95 Å². The average molecular weight is 257 g/mol. The highest BCUT2D eigenvalue weighted by atomic mass is 16.4. The molecule has 0 aliphatic rings. The standard InChI is InChI=1S/C14H15N3O2/c1-10(7-13(18)19)17-14-15-8-12(9-16-14)11-5-3-2-4-6-11/h2-6,8-10H,7H2,1H3,(H,18,19)(H,15,16,17). The van der Waals surface area contributed by atoms with Gasteiger partial charge in [0, 0.05) is 24.0 Å². The van der Waals surface area contributed by atoms with Gasteiger partial charge in [-0.15, -0.1) is 0 Å². The molecule has 5 heteroatoms. The Kier molecular flexibility index (Phi) is 4.07. The Morgan fingerprint density at radius 3 is 2.42 bits per heavy atom. The fourth-order valence-corrected chi connectivity index (χ4v) is 1.72. The summed E-state index contributed by atoms with van der Waals surface area (Å²) >= 11 is 0. The van der Waals surface area contributed by atoms with Gasteiger partial charge in [-0.05, 0) is 12.5 Å². The second-order valence-corrected chi connectivity index (χ2v) is 4.30. The van der Waals surface area contributed by atoms with E-state index in [4.69, 9.17) is 5.11 Å². The topological polar surface area (TPSA) is 75.1 Å². The lowest BCUT2D eigenvalue weighted by Gasteiger charge is -2.11. The summed E-state index contributed by atoms with van der Waals surface area (Å²) in [6.45, 7) is 1.78. The summed E-state index contributed by atoms with van der Waals surface area (Å²) in [6.07, 6.45) is 3.47. The second-order valence-electron chi connectivity index (χ2n) is 4.30. The van der Waals surface area contributed by atoms with Crippen molar-refractivity contribution in [3.8, 4) is 11.1 Å². The number of anilines is 1. The van der Waals surface area contributed by atoms with Gasteiger partial charge in [0.2, 0.25) is 5.95 Å². The molecule has 0 spiro atoms. The first-order valence-corrected chi connectivity index (χ1v) is 6.01. The average Bonchev–Trinajstić information content (AvgIpc) is 2.39. The van der Waals surface area contributed by atoms with Crippen LogP contribution in [-0.4, -0.2) is 27.1 Å². The molecule has 1 aromatic carbocycles. The second kappa shape index (κ2) is 5.95. The van der Waals surface area contributed by atoms with Crippen molar-refractivity contribution < 1.29 is 9.90 Å². The molecule has 0 amide bonds. The first-order valence-electron chi connectivity index (χ1n) is 6.01. The number of carboxylic acid groups (broad SMARTS) is 1. The van der Waals surface area contributed by atoms with Crippen molar-refractivity contribution in [3.05, 3.63) is 42.7 Å². The van der Waals surface area contributed by atoms with Gasteiger partial charge in [-0.2, -0.15) is 0 Å². The Hall–Kier alpha value is -2.43. The smallest absolute Gasteiger partial charge is 0.305 e. The van der Waals surface area contributed by atoms with Gasteiger partial charge in [-0.1, -0.05) is 30.3 Å². The molecule has 2 aromatic rings. The van der Waals surface area contributed by atoms with E-state index in [1.165, 1.54) is 0 Å². The van der Waals surface area contributed by atoms with Crippen molar-refractivity contribution in [3.63, 3.8) is 0 Å². The van der Waals surface area contributed by atoms with Gasteiger partial charge in [-0.3, -0.25) is 4.79 Å². The third-order valence-electron chi connectivity index (χ3n) is 2.62. The van der Waals surface area contributed by atoms with Crippen molar-refractivity contribution in [2.75, 3.05) is 5.32 Å². The summed E-state index contributed by atoms with van der Waals surface area (Å²) in [4.78, 5) is 18.9. The number of carbonyl (C=O) groups is 1. The van der Waals surface area contributed by atoms with Crippen LogP contribution in [0.15, 0.2) is 42.7 Å². The minimum atomic E-state index is -0.846. The van der Waals surface area contributed by atoms with E-state index < -0.39 is 5.97 Å². The summed E-state index contributed by atoms with van der Waals surface area (Å²) in [5.41, 5.74) is 1.98. The van der Waals surface area contributed by atoms with Crippen LogP contribution in [0, 0.1) is 0 Å². The van der Waals surface area contributed by atoms with Gasteiger partial charge in [0.15, 0.2) is 0 Å². The van der Waals surface area contributed by atoms with E-state index in [0.717, 1.165) is 11.1 Å². The predicted molar refractivity (Wildman–Crippen MR) is 72.8 cm³/mol. The number of aliphatic carboxylic acids is 1. The third-order valence-corrected chi connectivity index (χ3v) is 2.62. The van der Waals surface area contributed by atoms with E-state index in [1.54, 1.807) is 19.3 Å². The SMILES string of the molecule is CC(CC(=O)O)Nc1ncc(-c2ccccc2)cn1. The molecule has 98 valence electrons. The van der Waals surface area contributed by atoms with Gasteiger partial charge in [-0.25, -0.2) is 9.97 Å². The predicted octanol–water partition coefficient (Wildman–Crippen LogP) is 2.42. The van der Waals surface area contributed by atoms with Crippen LogP contribution in [0.1, 0.15) is 13.3 Å². The molecule has 0 radical (unpaired) electrons. The van der Waals surface area contributed by atoms with Gasteiger partial charge in [0.25, 0.3) is 0 Å². The molecule has 0 saturated carbocycles. The molecule has 5 nitrogen and oxygen atoms in total. The molecular formula is C14H15N3O2. The molecule has 1 unspecified atom stereocenters. The number of benzene rings is 1. The molecule has 19 heavy (non-hydrogen) atoms. The largest absolute Gasteiger partial charge is 0.481 e. The molecule has 1 heterocycles. The zero-order chi connectivity index (χ0) is 13.7. The van der Waals surface area contributed by atoms with Crippen LogP contribution in [0.25, 0.3) is 11.1 Å². The first kappa shape index (κ1) is 13.0. The van der Waals surface area contributed by atoms with E-state index >= 15 is 0 Å². The normalized spacial score (nSPS) is 11.8. The Morgan fingerprint density at radius 2 is 1.84 bits per heavy atom. The maximum absolute atomic E-state index is 10.6. The highest BCUT2D eigenvalue weighted by Gasteiger charge is 2.08. The maximum atomic E-state index is 10.6. The summed E-state index contributed by atoms with van der Waals surface area (Å²) in [7, 11) is 0. The van der Waals surface area contributed by atoms with Crippen LogP contribution in [-0.2, 0) is 4.79 Å². The maximum Gasteiger partial charge on any atom is 0.305 e. The molecule has 1 atom stereocenters. The van der Waals surface area contributed by atoms with Gasteiger partial charge in [0.1, 0.15) is 0 Å². The van der Waals surface area contributed by atoms with Crippen molar-refractivity contribution in [2.45, 2.75) is 19.4 Å². The van der Waals surface area contributed by atoms with E-state index in [1.807, 2.05) is 30.3 Å². The monoisotopic (exact) mass is 257 g/mol. The Balaban J connectivity index is 2.05. The molecule has 0 aliphatic carbocycles. The Labute approximate surface area is 111 Å². The number of nitrogens with zero attached hydrogens (tertiary/aromatic N) is 2. The number of aromatic nitrogens is 2. The fraction of sp³-hybridized carbons (Fsp3) is 0.214. The lowest BCUT2D eigenvalue weighted by molar-refractivity contribution is -0.137. The Bertz CT molecular complexity index is 540. The summed E-state index contributed by atoms with van der Waals surface area (Å²) in [5.74, 6) is -0.408. The highest BCUT2D eigenvalue weighted by Crippen LogP contribution is 2.17. The minimum Gasteiger partial charge on any atom is -0.481 e. The molecule has 2 rings (SSSR count). The fourth-order valence-electron chi connectivity index (χ4n) is 1.72. The summed E-state index contributed by atoms with van der Waals surface area (Å²) in [6, 6.07) is 9.62. The summed E-state index contributed by atoms with van der Waals surface area (Å²) < 4.78 is 0. The van der Waals surface area contributed by atoms with Crippen LogP contribution < -0.4 is 5.32 Å². The molecule has 0 aliphatic heterocycles. The number of hydrogen-bond donors (Lipinski definition) is 2.